The van der Waals surface area contributed by atoms with E-state index >= 15 is 0 Å². The van der Waals surface area contributed by atoms with Gasteiger partial charge in [0.25, 0.3) is 7.82 Å². The van der Waals surface area contributed by atoms with Crippen LogP contribution in [0, 0.1) is 3.57 Å². The number of unbranched alkanes of at least 4 members (excludes halogenated alkanes) is 7. The van der Waals surface area contributed by atoms with Crippen LogP contribution in [-0.4, -0.2) is 43.2 Å². The first-order valence-corrected chi connectivity index (χ1v) is 13.9. The molecule has 0 aliphatic rings. The fourth-order valence-corrected chi connectivity index (χ4v) is 5.07. The summed E-state index contributed by atoms with van der Waals surface area (Å²) in [6, 6.07) is 8.42. The van der Waals surface area contributed by atoms with Crippen molar-refractivity contribution in [3.05, 3.63) is 33.4 Å². The van der Waals surface area contributed by atoms with Crippen LogP contribution in [0.15, 0.2) is 24.3 Å². The van der Waals surface area contributed by atoms with Crippen LogP contribution in [-0.2, 0) is 9.09 Å². The lowest BCUT2D eigenvalue weighted by atomic mass is 9.88. The molecule has 174 valence electrons. The number of phosphoric ester groups is 1. The molecule has 1 aromatic carbocycles. The number of halogens is 1. The summed E-state index contributed by atoms with van der Waals surface area (Å²) in [5.41, 5.74) is 1.22. The SMILES string of the molecule is CCCCCCCCCCC(CC(C[N+](C)(C)C)OP(=O)([O-])O)c1cccc(I)c1. The molecule has 0 saturated carbocycles. The van der Waals surface area contributed by atoms with Crippen LogP contribution in [0.5, 0.6) is 0 Å². The van der Waals surface area contributed by atoms with Crippen LogP contribution in [0.3, 0.4) is 0 Å². The van der Waals surface area contributed by atoms with Crippen LogP contribution in [0.4, 0.5) is 0 Å². The van der Waals surface area contributed by atoms with Gasteiger partial charge >= 0.3 is 0 Å². The number of benzene rings is 1. The molecule has 0 radical (unpaired) electrons. The van der Waals surface area contributed by atoms with Gasteiger partial charge in [-0.3, -0.25) is 4.57 Å². The highest BCUT2D eigenvalue weighted by atomic mass is 127. The van der Waals surface area contributed by atoms with Crippen LogP contribution in [0.2, 0.25) is 0 Å². The molecule has 0 bridgehead atoms. The Bertz CT molecular complexity index is 644. The number of quaternary nitrogens is 1. The predicted octanol–water partition coefficient (Wildman–Crippen LogP) is 5.85. The minimum atomic E-state index is -4.78. The summed E-state index contributed by atoms with van der Waals surface area (Å²) in [5, 5.41) is 0. The van der Waals surface area contributed by atoms with Crippen molar-refractivity contribution in [1.29, 1.82) is 0 Å². The Kier molecular flexibility index (Phi) is 13.3. The van der Waals surface area contributed by atoms with Crippen molar-refractivity contribution in [1.82, 2.24) is 0 Å². The van der Waals surface area contributed by atoms with Gasteiger partial charge in [-0.15, -0.1) is 0 Å². The van der Waals surface area contributed by atoms with Crippen molar-refractivity contribution < 1.29 is 23.4 Å². The van der Waals surface area contributed by atoms with E-state index in [2.05, 4.69) is 53.8 Å². The van der Waals surface area contributed by atoms with E-state index in [-0.39, 0.29) is 5.92 Å². The van der Waals surface area contributed by atoms with Crippen LogP contribution < -0.4 is 4.89 Å². The summed E-state index contributed by atoms with van der Waals surface area (Å²) in [7, 11) is 1.23. The molecule has 1 rings (SSSR count). The topological polar surface area (TPSA) is 69.6 Å². The molecule has 0 aliphatic heterocycles. The van der Waals surface area contributed by atoms with E-state index in [1.165, 1.54) is 54.1 Å². The maximum atomic E-state index is 11.5. The third-order valence-electron chi connectivity index (χ3n) is 5.31. The minimum absolute atomic E-state index is 0.211. The van der Waals surface area contributed by atoms with Crippen LogP contribution >= 0.6 is 30.4 Å². The molecule has 3 atom stereocenters. The third-order valence-corrected chi connectivity index (χ3v) is 6.54. The lowest BCUT2D eigenvalue weighted by molar-refractivity contribution is -0.873. The normalized spacial score (nSPS) is 16.2. The maximum Gasteiger partial charge on any atom is 0.265 e. The molecule has 7 heteroatoms. The minimum Gasteiger partial charge on any atom is -0.756 e. The van der Waals surface area contributed by atoms with Gasteiger partial charge in [0, 0.05) is 3.57 Å². The van der Waals surface area contributed by atoms with E-state index < -0.39 is 13.9 Å². The second kappa shape index (κ2) is 14.2. The number of rotatable bonds is 16. The first kappa shape index (κ1) is 28.1. The van der Waals surface area contributed by atoms with Gasteiger partial charge in [0.1, 0.15) is 12.6 Å². The van der Waals surface area contributed by atoms with E-state index in [1.807, 2.05) is 21.1 Å². The average Bonchev–Trinajstić information content (AvgIpc) is 2.60. The second-order valence-corrected chi connectivity index (χ2v) is 11.8. The highest BCUT2D eigenvalue weighted by Gasteiger charge is 2.27. The Morgan fingerprint density at radius 1 is 1.10 bits per heavy atom. The molecule has 3 unspecified atom stereocenters. The van der Waals surface area contributed by atoms with Crippen LogP contribution in [0.25, 0.3) is 0 Å². The lowest BCUT2D eigenvalue weighted by Crippen LogP contribution is -2.43. The van der Waals surface area contributed by atoms with Crippen molar-refractivity contribution in [3.63, 3.8) is 0 Å². The molecule has 0 aliphatic carbocycles. The van der Waals surface area contributed by atoms with Crippen molar-refractivity contribution in [2.75, 3.05) is 27.7 Å². The van der Waals surface area contributed by atoms with E-state index in [0.717, 1.165) is 12.8 Å². The zero-order valence-electron chi connectivity index (χ0n) is 19.2. The third kappa shape index (κ3) is 14.2. The molecule has 1 aromatic rings. The van der Waals surface area contributed by atoms with E-state index in [9.17, 15) is 14.4 Å². The first-order chi connectivity index (χ1) is 14.0. The summed E-state index contributed by atoms with van der Waals surface area (Å²) in [4.78, 5) is 20.8. The number of likely N-dealkylation sites (N-methyl/N-ethyl adjacent to an activating group) is 1. The van der Waals surface area contributed by atoms with Crippen LogP contribution in [0.1, 0.15) is 82.6 Å². The Hall–Kier alpha value is 0.0200. The molecule has 0 spiro atoms. The number of hydrogen-bond donors (Lipinski definition) is 1. The summed E-state index contributed by atoms with van der Waals surface area (Å²) in [5.74, 6) is 0.211. The fourth-order valence-electron chi connectivity index (χ4n) is 3.97. The van der Waals surface area contributed by atoms with E-state index in [0.29, 0.717) is 17.4 Å². The predicted molar refractivity (Wildman–Crippen MR) is 131 cm³/mol. The van der Waals surface area contributed by atoms with Crippen molar-refractivity contribution in [2.45, 2.75) is 83.2 Å². The summed E-state index contributed by atoms with van der Waals surface area (Å²) in [6.07, 6.45) is 11.2. The van der Waals surface area contributed by atoms with Gasteiger partial charge in [-0.1, -0.05) is 70.4 Å². The molecule has 0 aromatic heterocycles. The smallest absolute Gasteiger partial charge is 0.265 e. The Morgan fingerprint density at radius 2 is 1.70 bits per heavy atom. The standard InChI is InChI=1S/C23H41INO4P/c1-5-6-7-8-9-10-11-12-14-21(20-15-13-16-22(24)17-20)18-23(19-25(2,3)4)29-30(26,27)28/h13,15-17,21,23H,5-12,14,18-19H2,1-4H3,(H-,26,27,28). The molecule has 0 fully saturated rings. The molecule has 1 N–H and O–H groups in total. The number of hydrogen-bond acceptors (Lipinski definition) is 3. The van der Waals surface area contributed by atoms with Gasteiger partial charge in [-0.05, 0) is 59.0 Å². The van der Waals surface area contributed by atoms with Gasteiger partial charge < -0.3 is 18.8 Å². The van der Waals surface area contributed by atoms with Crippen molar-refractivity contribution in [2.24, 2.45) is 0 Å². The average molecular weight is 553 g/mol. The molecule has 0 heterocycles. The monoisotopic (exact) mass is 553 g/mol. The molecule has 30 heavy (non-hydrogen) atoms. The molecular weight excluding hydrogens is 512 g/mol. The lowest BCUT2D eigenvalue weighted by Gasteiger charge is -2.33. The zero-order chi connectivity index (χ0) is 22.6. The Labute approximate surface area is 197 Å². The quantitative estimate of drug-likeness (QED) is 0.121. The van der Waals surface area contributed by atoms with Gasteiger partial charge in [0.2, 0.25) is 0 Å². The number of nitrogens with zero attached hydrogens (tertiary/aromatic N) is 1. The van der Waals surface area contributed by atoms with Gasteiger partial charge in [-0.25, -0.2) is 0 Å². The first-order valence-electron chi connectivity index (χ1n) is 11.3. The molecule has 0 saturated heterocycles. The summed E-state index contributed by atoms with van der Waals surface area (Å²) >= 11 is 2.31. The van der Waals surface area contributed by atoms with Crippen molar-refractivity contribution in [3.8, 4) is 0 Å². The fraction of sp³-hybridized carbons (Fsp3) is 0.739. The van der Waals surface area contributed by atoms with E-state index in [4.69, 9.17) is 4.52 Å². The van der Waals surface area contributed by atoms with Gasteiger partial charge in [0.05, 0.1) is 21.1 Å². The Morgan fingerprint density at radius 3 is 2.23 bits per heavy atom. The van der Waals surface area contributed by atoms with Gasteiger partial charge in [-0.2, -0.15) is 0 Å². The largest absolute Gasteiger partial charge is 0.756 e. The second-order valence-electron chi connectivity index (χ2n) is 9.42. The molecule has 5 nitrogen and oxygen atoms in total. The molecular formula is C23H41INO4P. The Balaban J connectivity index is 2.75. The number of phosphoric acid groups is 1. The van der Waals surface area contributed by atoms with E-state index in [1.54, 1.807) is 0 Å². The highest BCUT2D eigenvalue weighted by Crippen LogP contribution is 2.37. The van der Waals surface area contributed by atoms with Crippen molar-refractivity contribution >= 4 is 30.4 Å². The maximum absolute atomic E-state index is 11.5. The highest BCUT2D eigenvalue weighted by molar-refractivity contribution is 14.1. The van der Waals surface area contributed by atoms with Gasteiger partial charge in [0.15, 0.2) is 0 Å². The summed E-state index contributed by atoms with van der Waals surface area (Å²) in [6.45, 7) is 2.76. The summed E-state index contributed by atoms with van der Waals surface area (Å²) < 4.78 is 18.3. The zero-order valence-corrected chi connectivity index (χ0v) is 22.2. The molecule has 0 amide bonds.